The Morgan fingerprint density at radius 2 is 1.87 bits per heavy atom. The number of hydrogen-bond acceptors (Lipinski definition) is 5. The highest BCUT2D eigenvalue weighted by atomic mass is 16.7. The number of carbonyl (C=O) groups is 2. The van der Waals surface area contributed by atoms with Crippen molar-refractivity contribution in [2.45, 2.75) is 31.4 Å². The Balaban J connectivity index is 1.34. The van der Waals surface area contributed by atoms with E-state index in [4.69, 9.17) is 14.2 Å². The Bertz CT molecular complexity index is 1030. The number of rotatable bonds is 3. The molecule has 30 heavy (non-hydrogen) atoms. The van der Waals surface area contributed by atoms with Crippen LogP contribution in [0.2, 0.25) is 0 Å². The second kappa shape index (κ2) is 6.65. The number of likely N-dealkylation sites (tertiary alicyclic amines) is 1. The molecule has 1 aliphatic carbocycles. The summed E-state index contributed by atoms with van der Waals surface area (Å²) in [6.07, 6.45) is 2.57. The minimum atomic E-state index is -0.528. The van der Waals surface area contributed by atoms with Gasteiger partial charge in [0.2, 0.25) is 12.7 Å². The van der Waals surface area contributed by atoms with Crippen LogP contribution in [0.3, 0.4) is 0 Å². The van der Waals surface area contributed by atoms with Crippen LogP contribution in [0.1, 0.15) is 29.6 Å². The summed E-state index contributed by atoms with van der Waals surface area (Å²) in [5.74, 6) is 2.22. The van der Waals surface area contributed by atoms with Crippen LogP contribution in [0.25, 0.3) is 0 Å². The van der Waals surface area contributed by atoms with E-state index in [1.165, 1.54) is 0 Å². The first kappa shape index (κ1) is 17.6. The van der Waals surface area contributed by atoms with Gasteiger partial charge in [0.05, 0.1) is 12.2 Å². The number of benzene rings is 2. The average molecular weight is 406 g/mol. The van der Waals surface area contributed by atoms with Crippen molar-refractivity contribution < 1.29 is 23.8 Å². The van der Waals surface area contributed by atoms with E-state index in [1.807, 2.05) is 29.2 Å². The van der Waals surface area contributed by atoms with Gasteiger partial charge in [0.1, 0.15) is 17.9 Å². The molecular formula is C23H22N2O5. The molecule has 4 aliphatic rings. The molecule has 7 nitrogen and oxygen atoms in total. The number of carbonyl (C=O) groups excluding carboxylic acids is 2. The van der Waals surface area contributed by atoms with Crippen LogP contribution >= 0.6 is 0 Å². The van der Waals surface area contributed by atoms with E-state index in [0.717, 1.165) is 18.5 Å². The molecule has 1 saturated heterocycles. The summed E-state index contributed by atoms with van der Waals surface area (Å²) in [7, 11) is 0. The fourth-order valence-electron chi connectivity index (χ4n) is 4.54. The standard InChI is InChI=1S/C23H22N2O5/c26-22(15-7-8-20-21(9-15)29-13-28-20)25-12-16-10-18(25)23(27)24(11-14-5-6-14)17-3-1-2-4-19(17)30-16/h1-4,7-9,14,16,18H,5-6,10-13H2. The predicted octanol–water partition coefficient (Wildman–Crippen LogP) is 2.83. The number of fused-ring (bicyclic) bond motifs is 4. The quantitative estimate of drug-likeness (QED) is 0.784. The largest absolute Gasteiger partial charge is 0.486 e. The molecule has 1 saturated carbocycles. The highest BCUT2D eigenvalue weighted by Crippen LogP contribution is 2.40. The van der Waals surface area contributed by atoms with Gasteiger partial charge >= 0.3 is 0 Å². The lowest BCUT2D eigenvalue weighted by atomic mass is 10.1. The molecule has 2 unspecified atom stereocenters. The molecule has 154 valence electrons. The number of nitrogens with zero attached hydrogens (tertiary/aromatic N) is 2. The molecule has 2 bridgehead atoms. The monoisotopic (exact) mass is 406 g/mol. The molecule has 0 radical (unpaired) electrons. The summed E-state index contributed by atoms with van der Waals surface area (Å²) in [5.41, 5.74) is 1.30. The summed E-state index contributed by atoms with van der Waals surface area (Å²) in [4.78, 5) is 30.5. The van der Waals surface area contributed by atoms with Gasteiger partial charge in [-0.1, -0.05) is 12.1 Å². The van der Waals surface area contributed by atoms with Gasteiger partial charge in [-0.2, -0.15) is 0 Å². The van der Waals surface area contributed by atoms with Gasteiger partial charge in [-0.25, -0.2) is 0 Å². The second-order valence-corrected chi connectivity index (χ2v) is 8.38. The Kier molecular flexibility index (Phi) is 3.91. The molecule has 2 fully saturated rings. The molecule has 2 aromatic rings. The van der Waals surface area contributed by atoms with Crippen molar-refractivity contribution in [3.8, 4) is 17.2 Å². The zero-order valence-electron chi connectivity index (χ0n) is 16.5. The summed E-state index contributed by atoms with van der Waals surface area (Å²) < 4.78 is 17.0. The number of hydrogen-bond donors (Lipinski definition) is 0. The van der Waals surface area contributed by atoms with E-state index in [0.29, 0.717) is 48.2 Å². The first-order chi connectivity index (χ1) is 14.7. The molecule has 3 heterocycles. The molecule has 2 atom stereocenters. The molecule has 0 aromatic heterocycles. The lowest BCUT2D eigenvalue weighted by Crippen LogP contribution is -2.48. The Morgan fingerprint density at radius 1 is 1.03 bits per heavy atom. The highest BCUT2D eigenvalue weighted by Gasteiger charge is 2.46. The van der Waals surface area contributed by atoms with Crippen molar-refractivity contribution in [3.05, 3.63) is 48.0 Å². The first-order valence-electron chi connectivity index (χ1n) is 10.4. The van der Waals surface area contributed by atoms with E-state index < -0.39 is 6.04 Å². The van der Waals surface area contributed by atoms with E-state index >= 15 is 0 Å². The van der Waals surface area contributed by atoms with Gasteiger partial charge in [-0.05, 0) is 49.1 Å². The molecule has 3 aliphatic heterocycles. The van der Waals surface area contributed by atoms with Crippen molar-refractivity contribution in [2.75, 3.05) is 24.8 Å². The average Bonchev–Trinajstić information content (AvgIpc) is 3.28. The lowest BCUT2D eigenvalue weighted by Gasteiger charge is -2.31. The Morgan fingerprint density at radius 3 is 2.73 bits per heavy atom. The van der Waals surface area contributed by atoms with Crippen LogP contribution in [0.5, 0.6) is 17.2 Å². The maximum atomic E-state index is 13.6. The fourth-order valence-corrected chi connectivity index (χ4v) is 4.54. The van der Waals surface area contributed by atoms with E-state index in [-0.39, 0.29) is 24.7 Å². The van der Waals surface area contributed by atoms with Crippen LogP contribution in [0.4, 0.5) is 5.69 Å². The minimum absolute atomic E-state index is 0.0192. The van der Waals surface area contributed by atoms with E-state index in [1.54, 1.807) is 23.1 Å². The molecule has 7 heteroatoms. The summed E-state index contributed by atoms with van der Waals surface area (Å²) >= 11 is 0. The zero-order valence-corrected chi connectivity index (χ0v) is 16.5. The lowest BCUT2D eigenvalue weighted by molar-refractivity contribution is -0.122. The Hall–Kier alpha value is -3.22. The van der Waals surface area contributed by atoms with E-state index in [9.17, 15) is 9.59 Å². The van der Waals surface area contributed by atoms with Crippen LogP contribution in [0.15, 0.2) is 42.5 Å². The highest BCUT2D eigenvalue weighted by molar-refractivity contribution is 6.04. The van der Waals surface area contributed by atoms with Gasteiger partial charge in [0, 0.05) is 18.5 Å². The summed E-state index contributed by atoms with van der Waals surface area (Å²) in [6.45, 7) is 1.21. The van der Waals surface area contributed by atoms with Crippen LogP contribution in [-0.2, 0) is 4.79 Å². The van der Waals surface area contributed by atoms with Gasteiger partial charge in [-0.15, -0.1) is 0 Å². The van der Waals surface area contributed by atoms with Crippen LogP contribution < -0.4 is 19.1 Å². The van der Waals surface area contributed by atoms with Crippen molar-refractivity contribution in [2.24, 2.45) is 5.92 Å². The topological polar surface area (TPSA) is 68.3 Å². The summed E-state index contributed by atoms with van der Waals surface area (Å²) in [5, 5.41) is 0. The maximum absolute atomic E-state index is 13.6. The van der Waals surface area contributed by atoms with Gasteiger partial charge < -0.3 is 24.0 Å². The molecule has 6 rings (SSSR count). The third-order valence-electron chi connectivity index (χ3n) is 6.28. The molecule has 0 spiro atoms. The van der Waals surface area contributed by atoms with Crippen molar-refractivity contribution in [1.82, 2.24) is 4.90 Å². The third-order valence-corrected chi connectivity index (χ3v) is 6.28. The molecule has 0 N–H and O–H groups in total. The number of anilines is 1. The van der Waals surface area contributed by atoms with Gasteiger partial charge in [-0.3, -0.25) is 9.59 Å². The van der Waals surface area contributed by atoms with Gasteiger partial charge in [0.25, 0.3) is 5.91 Å². The SMILES string of the molecule is O=C1C2CC(CN2C(=O)c2ccc3c(c2)OCO3)Oc2ccccc2N1CC1CC1. The molecule has 2 amide bonds. The fraction of sp³-hybridized carbons (Fsp3) is 0.391. The number of para-hydroxylation sites is 2. The van der Waals surface area contributed by atoms with Crippen molar-refractivity contribution in [3.63, 3.8) is 0 Å². The molecule has 2 aromatic carbocycles. The second-order valence-electron chi connectivity index (χ2n) is 8.38. The predicted molar refractivity (Wildman–Crippen MR) is 108 cm³/mol. The Labute approximate surface area is 174 Å². The minimum Gasteiger partial charge on any atom is -0.486 e. The molecular weight excluding hydrogens is 384 g/mol. The van der Waals surface area contributed by atoms with E-state index in [2.05, 4.69) is 0 Å². The smallest absolute Gasteiger partial charge is 0.254 e. The maximum Gasteiger partial charge on any atom is 0.254 e. The van der Waals surface area contributed by atoms with Crippen LogP contribution in [-0.4, -0.2) is 48.7 Å². The normalized spacial score (nSPS) is 24.2. The number of amides is 2. The summed E-state index contributed by atoms with van der Waals surface area (Å²) in [6, 6.07) is 12.3. The first-order valence-corrected chi connectivity index (χ1v) is 10.4. The van der Waals surface area contributed by atoms with Crippen molar-refractivity contribution in [1.29, 1.82) is 0 Å². The van der Waals surface area contributed by atoms with Crippen LogP contribution in [0, 0.1) is 5.92 Å². The number of ether oxygens (including phenoxy) is 3. The third kappa shape index (κ3) is 2.88. The van der Waals surface area contributed by atoms with Crippen molar-refractivity contribution >= 4 is 17.5 Å². The zero-order chi connectivity index (χ0) is 20.2. The van der Waals surface area contributed by atoms with Gasteiger partial charge in [0.15, 0.2) is 11.5 Å².